The Hall–Kier alpha value is -3.48. The van der Waals surface area contributed by atoms with Crippen molar-refractivity contribution >= 4 is 44.1 Å². The fourth-order valence-corrected chi connectivity index (χ4v) is 4.15. The first-order chi connectivity index (χ1) is 16.0. The van der Waals surface area contributed by atoms with Crippen LogP contribution in [0.15, 0.2) is 79.0 Å². The molecule has 0 unspecified atom stereocenters. The number of benzene rings is 3. The molecule has 5 rings (SSSR count). The average molecular weight is 473 g/mol. The highest BCUT2D eigenvalue weighted by Gasteiger charge is 2.25. The van der Waals surface area contributed by atoms with Crippen LogP contribution in [-0.2, 0) is 15.5 Å². The van der Waals surface area contributed by atoms with Crippen LogP contribution in [0.1, 0.15) is 43.0 Å². The van der Waals surface area contributed by atoms with E-state index in [1.165, 1.54) is 38.8 Å². The average Bonchev–Trinajstić information content (AvgIpc) is 3.38. The molecule has 0 atom stereocenters. The van der Waals surface area contributed by atoms with E-state index in [1.54, 1.807) is 0 Å². The van der Waals surface area contributed by atoms with E-state index in [9.17, 15) is 0 Å². The third-order valence-electron chi connectivity index (χ3n) is 5.76. The molecule has 6 heteroatoms. The predicted molar refractivity (Wildman–Crippen MR) is 138 cm³/mol. The summed E-state index contributed by atoms with van der Waals surface area (Å²) in [6.07, 6.45) is 4.88. The van der Waals surface area contributed by atoms with Gasteiger partial charge in [0.1, 0.15) is 0 Å². The largest absolute Gasteiger partial charge is 0.748 e. The minimum atomic E-state index is -3.92. The van der Waals surface area contributed by atoms with E-state index in [-0.39, 0.29) is 5.41 Å². The summed E-state index contributed by atoms with van der Waals surface area (Å²) in [6, 6.07) is 26.1. The van der Waals surface area contributed by atoms with Gasteiger partial charge in [-0.2, -0.15) is 0 Å². The first-order valence-corrected chi connectivity index (χ1v) is 12.9. The van der Waals surface area contributed by atoms with Crippen molar-refractivity contribution in [3.8, 4) is 0 Å². The summed E-state index contributed by atoms with van der Waals surface area (Å²) >= 11 is 0. The summed E-state index contributed by atoms with van der Waals surface area (Å²) in [5, 5.41) is 1.24. The lowest BCUT2D eigenvalue weighted by Gasteiger charge is -2.20. The zero-order chi connectivity index (χ0) is 24.5. The summed E-state index contributed by atoms with van der Waals surface area (Å²) in [6.45, 7) is 6.77. The molecule has 0 radical (unpaired) electrons. The molecule has 0 amide bonds. The van der Waals surface area contributed by atoms with Crippen LogP contribution in [-0.4, -0.2) is 30.4 Å². The zero-order valence-electron chi connectivity index (χ0n) is 19.7. The first-order valence-electron chi connectivity index (χ1n) is 11.0. The molecule has 0 aliphatic carbocycles. The van der Waals surface area contributed by atoms with E-state index in [2.05, 4.69) is 116 Å². The Bertz CT molecular complexity index is 1500. The topological polar surface area (TPSA) is 87.0 Å². The molecular formula is C28H28N2O3S. The van der Waals surface area contributed by atoms with Crippen LogP contribution in [0.3, 0.4) is 0 Å². The highest BCUT2D eigenvalue weighted by Crippen LogP contribution is 2.38. The molecule has 1 aromatic heterocycles. The number of allylic oxidation sites excluding steroid dienone is 1. The Morgan fingerprint density at radius 1 is 0.912 bits per heavy atom. The summed E-state index contributed by atoms with van der Waals surface area (Å²) in [4.78, 5) is 6.91. The van der Waals surface area contributed by atoms with E-state index < -0.39 is 10.1 Å². The lowest BCUT2D eigenvalue weighted by atomic mass is 9.84. The second-order valence-electron chi connectivity index (χ2n) is 9.40. The second-order valence-corrected chi connectivity index (χ2v) is 10.8. The third-order valence-corrected chi connectivity index (χ3v) is 5.76. The highest BCUT2D eigenvalue weighted by molar-refractivity contribution is 7.84. The Morgan fingerprint density at radius 3 is 2.21 bits per heavy atom. The van der Waals surface area contributed by atoms with E-state index in [4.69, 9.17) is 13.0 Å². The van der Waals surface area contributed by atoms with Gasteiger partial charge in [-0.05, 0) is 28.7 Å². The van der Waals surface area contributed by atoms with Crippen LogP contribution in [0.4, 0.5) is 5.69 Å². The lowest BCUT2D eigenvalue weighted by Crippen LogP contribution is -2.58. The van der Waals surface area contributed by atoms with Gasteiger partial charge in [-0.1, -0.05) is 75.4 Å². The van der Waals surface area contributed by atoms with Crippen molar-refractivity contribution in [1.82, 2.24) is 4.98 Å². The highest BCUT2D eigenvalue weighted by atomic mass is 32.2. The van der Waals surface area contributed by atoms with Crippen LogP contribution in [0.25, 0.3) is 22.0 Å². The molecule has 0 spiro atoms. The van der Waals surface area contributed by atoms with Crippen LogP contribution in [0, 0.1) is 0 Å². The van der Waals surface area contributed by atoms with Crippen LogP contribution < -0.4 is 4.99 Å². The summed E-state index contributed by atoms with van der Waals surface area (Å²) < 4.78 is 27.2. The minimum absolute atomic E-state index is 0.139. The molecule has 174 valence electrons. The minimum Gasteiger partial charge on any atom is -0.748 e. The number of aromatic amines is 1. The van der Waals surface area contributed by atoms with E-state index in [0.717, 1.165) is 11.2 Å². The van der Waals surface area contributed by atoms with Gasteiger partial charge in [-0.15, -0.1) is 0 Å². The van der Waals surface area contributed by atoms with Gasteiger partial charge in [0.25, 0.3) is 0 Å². The molecule has 2 N–H and O–H groups in total. The van der Waals surface area contributed by atoms with Gasteiger partial charge in [0.05, 0.1) is 21.3 Å². The van der Waals surface area contributed by atoms with Crippen LogP contribution in [0.2, 0.25) is 0 Å². The van der Waals surface area contributed by atoms with Crippen molar-refractivity contribution in [3.05, 3.63) is 101 Å². The Morgan fingerprint density at radius 2 is 1.53 bits per heavy atom. The smallest absolute Gasteiger partial charge is 0.211 e. The van der Waals surface area contributed by atoms with Gasteiger partial charge in [-0.3, -0.25) is 0 Å². The van der Waals surface area contributed by atoms with Crippen molar-refractivity contribution in [2.45, 2.75) is 26.2 Å². The van der Waals surface area contributed by atoms with Gasteiger partial charge in [-0.25, -0.2) is 13.4 Å². The SMILES string of the molecule is CC(C)(C)c1ccc(/C(=C2/C=[NH+]c3ccccc32)c2c[nH]c3ccccc23)cc1.CS(=O)(=O)[O-]. The normalized spacial score (nSPS) is 14.5. The predicted octanol–water partition coefficient (Wildman–Crippen LogP) is 4.38. The van der Waals surface area contributed by atoms with Crippen molar-refractivity contribution < 1.29 is 18.0 Å². The molecule has 0 saturated carbocycles. The van der Waals surface area contributed by atoms with Crippen LogP contribution >= 0.6 is 0 Å². The molecule has 4 aromatic rings. The van der Waals surface area contributed by atoms with E-state index >= 15 is 0 Å². The van der Waals surface area contributed by atoms with Gasteiger partial charge >= 0.3 is 0 Å². The number of rotatable bonds is 2. The number of aromatic nitrogens is 1. The molecule has 1 aliphatic rings. The Labute approximate surface area is 200 Å². The van der Waals surface area contributed by atoms with Gasteiger partial charge in [0, 0.05) is 40.6 Å². The first kappa shape index (κ1) is 23.7. The van der Waals surface area contributed by atoms with Crippen molar-refractivity contribution in [1.29, 1.82) is 0 Å². The van der Waals surface area contributed by atoms with Gasteiger partial charge < -0.3 is 9.54 Å². The Balaban J connectivity index is 0.000000499. The number of para-hydroxylation sites is 2. The maximum absolute atomic E-state index is 9.08. The van der Waals surface area contributed by atoms with Crippen molar-refractivity contribution in [2.75, 3.05) is 6.26 Å². The zero-order valence-corrected chi connectivity index (χ0v) is 20.5. The molecule has 3 aromatic carbocycles. The summed E-state index contributed by atoms with van der Waals surface area (Å²) in [7, 11) is -3.92. The number of H-pyrrole nitrogens is 1. The molecular weight excluding hydrogens is 444 g/mol. The number of fused-ring (bicyclic) bond motifs is 2. The standard InChI is InChI=1S/C27H24N2.CH4O3S/c1-27(2,3)19-14-12-18(13-15-19)26(22-16-28-24-10-6-4-8-20(22)24)23-17-29-25-11-7-5-9-21(23)25;1-5(2,3)4/h4-17,28H,1-3H3;1H3,(H,2,3,4)/b26-23+;. The molecule has 2 heterocycles. The molecule has 5 nitrogen and oxygen atoms in total. The quantitative estimate of drug-likeness (QED) is 0.425. The number of hydrogen-bond donors (Lipinski definition) is 2. The number of nitrogens with one attached hydrogen (secondary N) is 2. The molecule has 0 bridgehead atoms. The van der Waals surface area contributed by atoms with Gasteiger partial charge in [0.2, 0.25) is 5.69 Å². The fraction of sp³-hybridized carbons (Fsp3) is 0.179. The Kier molecular flexibility index (Phi) is 6.30. The van der Waals surface area contributed by atoms with Crippen molar-refractivity contribution in [3.63, 3.8) is 0 Å². The second kappa shape index (κ2) is 9.05. The maximum atomic E-state index is 9.08. The van der Waals surface area contributed by atoms with Gasteiger partial charge in [0.15, 0.2) is 6.21 Å². The lowest BCUT2D eigenvalue weighted by molar-refractivity contribution is -0.342. The maximum Gasteiger partial charge on any atom is 0.211 e. The van der Waals surface area contributed by atoms with Crippen molar-refractivity contribution in [2.24, 2.45) is 0 Å². The molecule has 0 fully saturated rings. The molecule has 0 saturated heterocycles. The molecule has 1 aliphatic heterocycles. The summed E-state index contributed by atoms with van der Waals surface area (Å²) in [5.74, 6) is 0. The van der Waals surface area contributed by atoms with E-state index in [1.807, 2.05) is 0 Å². The number of hydrogen-bond acceptors (Lipinski definition) is 3. The summed E-state index contributed by atoms with van der Waals surface area (Å²) in [5.41, 5.74) is 9.99. The third kappa shape index (κ3) is 5.19. The monoisotopic (exact) mass is 472 g/mol. The van der Waals surface area contributed by atoms with Crippen LogP contribution in [0.5, 0.6) is 0 Å². The molecule has 34 heavy (non-hydrogen) atoms. The fourth-order valence-electron chi connectivity index (χ4n) is 4.15. The van der Waals surface area contributed by atoms with E-state index in [0.29, 0.717) is 6.26 Å².